The van der Waals surface area contributed by atoms with Gasteiger partial charge in [0.15, 0.2) is 0 Å². The van der Waals surface area contributed by atoms with Crippen LogP contribution in [0.4, 0.5) is 10.0 Å². The molecule has 0 spiro atoms. The Labute approximate surface area is 150 Å². The molecule has 0 aliphatic heterocycles. The number of hydrogen-bond acceptors (Lipinski definition) is 4. The van der Waals surface area contributed by atoms with Crippen molar-refractivity contribution in [1.29, 1.82) is 0 Å². The van der Waals surface area contributed by atoms with Crippen LogP contribution in [0, 0.1) is 0 Å². The van der Waals surface area contributed by atoms with Crippen LogP contribution in [0.3, 0.4) is 0 Å². The number of thiophene rings is 2. The maximum Gasteiger partial charge on any atom is 0.0936 e. The highest BCUT2D eigenvalue weighted by Crippen LogP contribution is 2.30. The molecule has 0 unspecified atom stereocenters. The molecule has 2 heterocycles. The van der Waals surface area contributed by atoms with Gasteiger partial charge < -0.3 is 11.5 Å². The first-order valence-electron chi connectivity index (χ1n) is 7.52. The molecule has 0 atom stereocenters. The molecule has 2 aromatic heterocycles. The third kappa shape index (κ3) is 3.85. The normalized spacial score (nSPS) is 10.0. The predicted molar refractivity (Wildman–Crippen MR) is 108 cm³/mol. The summed E-state index contributed by atoms with van der Waals surface area (Å²) in [6.07, 6.45) is 0. The minimum absolute atomic E-state index is 0.890. The van der Waals surface area contributed by atoms with Crippen LogP contribution in [0.25, 0.3) is 22.3 Å². The lowest BCUT2D eigenvalue weighted by Gasteiger charge is -1.97. The summed E-state index contributed by atoms with van der Waals surface area (Å²) in [4.78, 5) is 0. The van der Waals surface area contributed by atoms with Gasteiger partial charge in [-0.05, 0) is 34.0 Å². The van der Waals surface area contributed by atoms with E-state index in [2.05, 4.69) is 36.4 Å². The van der Waals surface area contributed by atoms with Crippen molar-refractivity contribution in [3.8, 4) is 22.3 Å². The largest absolute Gasteiger partial charge is 0.390 e. The van der Waals surface area contributed by atoms with E-state index >= 15 is 0 Å². The molecule has 4 rings (SSSR count). The Hall–Kier alpha value is -2.56. The summed E-state index contributed by atoms with van der Waals surface area (Å²) in [5, 5.41) is 5.80. The van der Waals surface area contributed by atoms with E-state index in [0.717, 1.165) is 21.1 Å². The van der Waals surface area contributed by atoms with Crippen molar-refractivity contribution < 1.29 is 0 Å². The second kappa shape index (κ2) is 7.81. The molecule has 0 aliphatic carbocycles. The average Bonchev–Trinajstić information content (AvgIpc) is 3.25. The van der Waals surface area contributed by atoms with E-state index in [9.17, 15) is 0 Å². The number of benzene rings is 2. The first kappa shape index (κ1) is 16.3. The number of hydrogen-bond donors (Lipinski definition) is 2. The van der Waals surface area contributed by atoms with Crippen LogP contribution in [0.5, 0.6) is 0 Å². The Bertz CT molecular complexity index is 804. The Morgan fingerprint density at radius 3 is 1.17 bits per heavy atom. The molecule has 0 bridgehead atoms. The van der Waals surface area contributed by atoms with E-state index in [-0.39, 0.29) is 0 Å². The van der Waals surface area contributed by atoms with Gasteiger partial charge in [0.25, 0.3) is 0 Å². The number of nitrogens with two attached hydrogens (primary N) is 2. The van der Waals surface area contributed by atoms with E-state index in [1.165, 1.54) is 11.1 Å². The summed E-state index contributed by atoms with van der Waals surface area (Å²) in [5.41, 5.74) is 16.2. The zero-order valence-corrected chi connectivity index (χ0v) is 14.7. The van der Waals surface area contributed by atoms with Gasteiger partial charge in [-0.15, -0.1) is 22.7 Å². The molecular formula is C20H18N2S2. The molecule has 4 heteroatoms. The highest BCUT2D eigenvalue weighted by Gasteiger charge is 2.01. The van der Waals surface area contributed by atoms with Crippen molar-refractivity contribution in [2.45, 2.75) is 0 Å². The third-order valence-corrected chi connectivity index (χ3v) is 5.05. The van der Waals surface area contributed by atoms with Crippen molar-refractivity contribution in [1.82, 2.24) is 0 Å². The first-order chi connectivity index (χ1) is 11.8. The topological polar surface area (TPSA) is 52.0 Å². The first-order valence-corrected chi connectivity index (χ1v) is 9.28. The molecule has 0 radical (unpaired) electrons. The molecule has 0 aliphatic rings. The highest BCUT2D eigenvalue weighted by molar-refractivity contribution is 7.14. The number of nitrogen functional groups attached to an aromatic ring is 2. The SMILES string of the molecule is Nc1sccc1-c1ccccc1.Nc1sccc1-c1ccccc1. The zero-order valence-electron chi connectivity index (χ0n) is 13.1. The van der Waals surface area contributed by atoms with Crippen LogP contribution in [0.15, 0.2) is 83.6 Å². The van der Waals surface area contributed by atoms with Crippen LogP contribution in [0.1, 0.15) is 0 Å². The van der Waals surface area contributed by atoms with Gasteiger partial charge in [0, 0.05) is 11.1 Å². The van der Waals surface area contributed by atoms with E-state index in [1.807, 2.05) is 47.2 Å². The summed E-state index contributed by atoms with van der Waals surface area (Å²) < 4.78 is 0. The van der Waals surface area contributed by atoms with Crippen molar-refractivity contribution in [3.05, 3.63) is 83.6 Å². The fraction of sp³-hybridized carbons (Fsp3) is 0. The van der Waals surface area contributed by atoms with Crippen molar-refractivity contribution in [3.63, 3.8) is 0 Å². The van der Waals surface area contributed by atoms with E-state index in [4.69, 9.17) is 11.5 Å². The second-order valence-electron chi connectivity index (χ2n) is 5.13. The monoisotopic (exact) mass is 350 g/mol. The van der Waals surface area contributed by atoms with E-state index in [1.54, 1.807) is 22.7 Å². The average molecular weight is 351 g/mol. The molecule has 120 valence electrons. The van der Waals surface area contributed by atoms with E-state index < -0.39 is 0 Å². The van der Waals surface area contributed by atoms with Crippen LogP contribution in [-0.2, 0) is 0 Å². The predicted octanol–water partition coefficient (Wildman–Crippen LogP) is 5.99. The molecule has 2 aromatic carbocycles. The third-order valence-electron chi connectivity index (χ3n) is 3.56. The van der Waals surface area contributed by atoms with Crippen LogP contribution in [0.2, 0.25) is 0 Å². The molecule has 4 N–H and O–H groups in total. The lowest BCUT2D eigenvalue weighted by Crippen LogP contribution is -1.82. The van der Waals surface area contributed by atoms with Gasteiger partial charge in [-0.25, -0.2) is 0 Å². The Morgan fingerprint density at radius 2 is 0.875 bits per heavy atom. The molecule has 4 aromatic rings. The van der Waals surface area contributed by atoms with Gasteiger partial charge >= 0.3 is 0 Å². The van der Waals surface area contributed by atoms with Crippen LogP contribution in [-0.4, -0.2) is 0 Å². The minimum Gasteiger partial charge on any atom is -0.390 e. The highest BCUT2D eigenvalue weighted by atomic mass is 32.1. The molecule has 0 saturated carbocycles. The molecule has 0 saturated heterocycles. The second-order valence-corrected chi connectivity index (χ2v) is 7.02. The van der Waals surface area contributed by atoms with Gasteiger partial charge in [0.2, 0.25) is 0 Å². The lowest BCUT2D eigenvalue weighted by atomic mass is 10.1. The zero-order chi connectivity index (χ0) is 16.8. The van der Waals surface area contributed by atoms with Gasteiger partial charge in [-0.2, -0.15) is 0 Å². The van der Waals surface area contributed by atoms with E-state index in [0.29, 0.717) is 0 Å². The van der Waals surface area contributed by atoms with Crippen molar-refractivity contribution in [2.75, 3.05) is 11.5 Å². The Kier molecular flexibility index (Phi) is 5.31. The maximum atomic E-state index is 5.79. The van der Waals surface area contributed by atoms with Gasteiger partial charge in [0.1, 0.15) is 0 Å². The summed E-state index contributed by atoms with van der Waals surface area (Å²) >= 11 is 3.15. The fourth-order valence-electron chi connectivity index (χ4n) is 2.35. The Balaban J connectivity index is 0.000000141. The summed E-state index contributed by atoms with van der Waals surface area (Å²) in [5.74, 6) is 0. The Morgan fingerprint density at radius 1 is 0.500 bits per heavy atom. The molecule has 24 heavy (non-hydrogen) atoms. The minimum atomic E-state index is 0.890. The van der Waals surface area contributed by atoms with Crippen LogP contribution >= 0.6 is 22.7 Å². The van der Waals surface area contributed by atoms with Crippen molar-refractivity contribution in [2.24, 2.45) is 0 Å². The molecule has 0 amide bonds. The smallest absolute Gasteiger partial charge is 0.0936 e. The van der Waals surface area contributed by atoms with Gasteiger partial charge in [0.05, 0.1) is 10.0 Å². The molecule has 0 fully saturated rings. The van der Waals surface area contributed by atoms with Crippen LogP contribution < -0.4 is 11.5 Å². The standard InChI is InChI=1S/2C10H9NS/c2*11-10-9(6-7-12-10)8-4-2-1-3-5-8/h2*1-7H,11H2. The van der Waals surface area contributed by atoms with Gasteiger partial charge in [-0.1, -0.05) is 60.7 Å². The molecular weight excluding hydrogens is 332 g/mol. The summed E-state index contributed by atoms with van der Waals surface area (Å²) in [7, 11) is 0. The lowest BCUT2D eigenvalue weighted by molar-refractivity contribution is 1.67. The quantitative estimate of drug-likeness (QED) is 0.466. The molecule has 2 nitrogen and oxygen atoms in total. The number of anilines is 2. The maximum absolute atomic E-state index is 5.79. The van der Waals surface area contributed by atoms with Crippen molar-refractivity contribution >= 4 is 32.7 Å². The van der Waals surface area contributed by atoms with Gasteiger partial charge in [-0.3, -0.25) is 0 Å². The summed E-state index contributed by atoms with van der Waals surface area (Å²) in [6.45, 7) is 0. The summed E-state index contributed by atoms with van der Waals surface area (Å²) in [6, 6.07) is 24.5. The fourth-order valence-corrected chi connectivity index (χ4v) is 3.68. The number of rotatable bonds is 2.